The van der Waals surface area contributed by atoms with Crippen LogP contribution >= 0.6 is 22.9 Å². The molecule has 0 radical (unpaired) electrons. The second kappa shape index (κ2) is 7.40. The van der Waals surface area contributed by atoms with Crippen molar-refractivity contribution in [2.45, 2.75) is 25.4 Å². The maximum absolute atomic E-state index is 13.6. The molecular weight excluding hydrogens is 351 g/mol. The molecule has 24 heavy (non-hydrogen) atoms. The molecule has 2 heterocycles. The SMILES string of the molecule is Cc1ccc(C2CC(C(=O)N/N=C/c3c(F)cccc3Cl)NN2)s1. The molecule has 2 atom stereocenters. The Morgan fingerprint density at radius 1 is 1.42 bits per heavy atom. The van der Waals surface area contributed by atoms with Crippen molar-refractivity contribution in [3.63, 3.8) is 0 Å². The van der Waals surface area contributed by atoms with Crippen LogP contribution in [0.25, 0.3) is 0 Å². The second-order valence-electron chi connectivity index (χ2n) is 5.45. The van der Waals surface area contributed by atoms with Crippen LogP contribution in [0.2, 0.25) is 5.02 Å². The minimum absolute atomic E-state index is 0.0874. The molecule has 2 aromatic rings. The van der Waals surface area contributed by atoms with E-state index < -0.39 is 11.9 Å². The number of rotatable bonds is 4. The van der Waals surface area contributed by atoms with Gasteiger partial charge < -0.3 is 0 Å². The third-order valence-electron chi connectivity index (χ3n) is 3.69. The van der Waals surface area contributed by atoms with Crippen LogP contribution in [0.4, 0.5) is 4.39 Å². The Morgan fingerprint density at radius 3 is 2.96 bits per heavy atom. The van der Waals surface area contributed by atoms with E-state index in [1.165, 1.54) is 28.1 Å². The highest BCUT2D eigenvalue weighted by atomic mass is 35.5. The van der Waals surface area contributed by atoms with Crippen LogP contribution in [0.3, 0.4) is 0 Å². The van der Waals surface area contributed by atoms with Crippen LogP contribution in [0.5, 0.6) is 0 Å². The number of aryl methyl sites for hydroxylation is 1. The first kappa shape index (κ1) is 17.0. The monoisotopic (exact) mass is 366 g/mol. The van der Waals surface area contributed by atoms with Gasteiger partial charge in [0.15, 0.2) is 0 Å². The van der Waals surface area contributed by atoms with Crippen LogP contribution < -0.4 is 16.3 Å². The summed E-state index contributed by atoms with van der Waals surface area (Å²) in [5.41, 5.74) is 8.62. The first-order chi connectivity index (χ1) is 11.5. The first-order valence-electron chi connectivity index (χ1n) is 7.39. The number of thiophene rings is 1. The van der Waals surface area contributed by atoms with Crippen LogP contribution in [0.1, 0.15) is 27.8 Å². The molecule has 5 nitrogen and oxygen atoms in total. The smallest absolute Gasteiger partial charge is 0.258 e. The number of hydrogen-bond donors (Lipinski definition) is 3. The summed E-state index contributed by atoms with van der Waals surface area (Å²) in [7, 11) is 0. The Morgan fingerprint density at radius 2 is 2.25 bits per heavy atom. The number of hydrogen-bond acceptors (Lipinski definition) is 5. The van der Waals surface area contributed by atoms with Crippen LogP contribution in [0, 0.1) is 12.7 Å². The predicted molar refractivity (Wildman–Crippen MR) is 93.6 cm³/mol. The normalized spacial score (nSPS) is 20.6. The van der Waals surface area contributed by atoms with Crippen molar-refractivity contribution in [1.82, 2.24) is 16.3 Å². The fraction of sp³-hybridized carbons (Fsp3) is 0.250. The Bertz CT molecular complexity index is 759. The molecule has 1 aromatic carbocycles. The van der Waals surface area contributed by atoms with Crippen molar-refractivity contribution in [3.8, 4) is 0 Å². The molecule has 8 heteroatoms. The van der Waals surface area contributed by atoms with Gasteiger partial charge in [-0.2, -0.15) is 5.10 Å². The van der Waals surface area contributed by atoms with E-state index in [1.807, 2.05) is 6.92 Å². The summed E-state index contributed by atoms with van der Waals surface area (Å²) < 4.78 is 13.6. The van der Waals surface area contributed by atoms with E-state index in [0.717, 1.165) is 0 Å². The zero-order valence-corrected chi connectivity index (χ0v) is 14.4. The van der Waals surface area contributed by atoms with Crippen molar-refractivity contribution >= 4 is 35.1 Å². The summed E-state index contributed by atoms with van der Waals surface area (Å²) in [4.78, 5) is 14.5. The van der Waals surface area contributed by atoms with Gasteiger partial charge in [-0.15, -0.1) is 11.3 Å². The quantitative estimate of drug-likeness (QED) is 0.576. The Balaban J connectivity index is 1.57. The van der Waals surface area contributed by atoms with Gasteiger partial charge in [0, 0.05) is 15.3 Å². The highest BCUT2D eigenvalue weighted by Gasteiger charge is 2.30. The minimum Gasteiger partial charge on any atom is -0.271 e. The lowest BCUT2D eigenvalue weighted by Crippen LogP contribution is -2.41. The summed E-state index contributed by atoms with van der Waals surface area (Å²) in [5, 5.41) is 4.03. The Hall–Kier alpha value is -1.80. The van der Waals surface area contributed by atoms with E-state index in [2.05, 4.69) is 33.5 Å². The molecule has 1 aromatic heterocycles. The molecule has 0 saturated carbocycles. The summed E-state index contributed by atoms with van der Waals surface area (Å²) >= 11 is 7.59. The minimum atomic E-state index is -0.491. The third kappa shape index (κ3) is 3.81. The molecule has 3 N–H and O–H groups in total. The van der Waals surface area contributed by atoms with Crippen molar-refractivity contribution < 1.29 is 9.18 Å². The summed E-state index contributed by atoms with van der Waals surface area (Å²) in [6.07, 6.45) is 1.82. The third-order valence-corrected chi connectivity index (χ3v) is 5.14. The summed E-state index contributed by atoms with van der Waals surface area (Å²) in [6.45, 7) is 2.04. The van der Waals surface area contributed by atoms with Gasteiger partial charge in [-0.05, 0) is 37.6 Å². The van der Waals surface area contributed by atoms with Gasteiger partial charge >= 0.3 is 0 Å². The van der Waals surface area contributed by atoms with Gasteiger partial charge in [0.1, 0.15) is 11.9 Å². The van der Waals surface area contributed by atoms with Crippen molar-refractivity contribution in [2.24, 2.45) is 5.10 Å². The van der Waals surface area contributed by atoms with E-state index in [9.17, 15) is 9.18 Å². The van der Waals surface area contributed by atoms with E-state index in [4.69, 9.17) is 11.6 Å². The molecule has 1 fully saturated rings. The molecule has 1 amide bonds. The summed E-state index contributed by atoms with van der Waals surface area (Å²) in [6, 6.07) is 8.13. The lowest BCUT2D eigenvalue weighted by molar-refractivity contribution is -0.122. The molecule has 0 spiro atoms. The molecular formula is C16H16ClFN4OS. The average Bonchev–Trinajstić information content (AvgIpc) is 3.19. The van der Waals surface area contributed by atoms with E-state index >= 15 is 0 Å². The van der Waals surface area contributed by atoms with E-state index in [0.29, 0.717) is 6.42 Å². The first-order valence-corrected chi connectivity index (χ1v) is 8.58. The maximum atomic E-state index is 13.6. The Labute approximate surface area is 147 Å². The second-order valence-corrected chi connectivity index (χ2v) is 7.17. The molecule has 1 saturated heterocycles. The summed E-state index contributed by atoms with van der Waals surface area (Å²) in [5.74, 6) is -0.781. The highest BCUT2D eigenvalue weighted by molar-refractivity contribution is 7.12. The van der Waals surface area contributed by atoms with Crippen LogP contribution in [-0.4, -0.2) is 18.2 Å². The number of amides is 1. The predicted octanol–water partition coefficient (Wildman–Crippen LogP) is 2.91. The van der Waals surface area contributed by atoms with E-state index in [-0.39, 0.29) is 22.5 Å². The maximum Gasteiger partial charge on any atom is 0.258 e. The number of carbonyl (C=O) groups excluding carboxylic acids is 1. The van der Waals surface area contributed by atoms with E-state index in [1.54, 1.807) is 17.4 Å². The number of hydrazine groups is 1. The van der Waals surface area contributed by atoms with Crippen LogP contribution in [0.15, 0.2) is 35.4 Å². The molecule has 0 aliphatic carbocycles. The van der Waals surface area contributed by atoms with Crippen LogP contribution in [-0.2, 0) is 4.79 Å². The van der Waals surface area contributed by atoms with Gasteiger partial charge in [0.2, 0.25) is 0 Å². The van der Waals surface area contributed by atoms with Crippen molar-refractivity contribution in [1.29, 1.82) is 0 Å². The lowest BCUT2D eigenvalue weighted by atomic mass is 10.1. The molecule has 0 bridgehead atoms. The van der Waals surface area contributed by atoms with Gasteiger partial charge in [0.05, 0.1) is 17.3 Å². The largest absolute Gasteiger partial charge is 0.271 e. The molecule has 1 aliphatic rings. The van der Waals surface area contributed by atoms with Gasteiger partial charge in [-0.3, -0.25) is 4.79 Å². The lowest BCUT2D eigenvalue weighted by Gasteiger charge is -2.07. The number of halogens is 2. The molecule has 126 valence electrons. The standard InChI is InChI=1S/C16H16ClFN4OS/c1-9-5-6-15(24-9)13-7-14(21-20-13)16(23)22-19-8-10-11(17)3-2-4-12(10)18/h2-6,8,13-14,20-21H,7H2,1H3,(H,22,23)/b19-8+. The molecule has 3 rings (SSSR count). The topological polar surface area (TPSA) is 65.5 Å². The fourth-order valence-electron chi connectivity index (χ4n) is 2.43. The number of hydrazone groups is 1. The van der Waals surface area contributed by atoms with Gasteiger partial charge in [-0.25, -0.2) is 20.7 Å². The molecule has 2 unspecified atom stereocenters. The zero-order valence-electron chi connectivity index (χ0n) is 12.8. The number of nitrogens with one attached hydrogen (secondary N) is 3. The Kier molecular flexibility index (Phi) is 5.25. The number of nitrogens with zero attached hydrogens (tertiary/aromatic N) is 1. The zero-order chi connectivity index (χ0) is 17.1. The van der Waals surface area contributed by atoms with Gasteiger partial charge in [-0.1, -0.05) is 17.7 Å². The molecule has 1 aliphatic heterocycles. The van der Waals surface area contributed by atoms with Crippen molar-refractivity contribution in [2.75, 3.05) is 0 Å². The van der Waals surface area contributed by atoms with Crippen molar-refractivity contribution in [3.05, 3.63) is 56.5 Å². The highest BCUT2D eigenvalue weighted by Crippen LogP contribution is 2.28. The fourth-order valence-corrected chi connectivity index (χ4v) is 3.58. The number of benzene rings is 1. The average molecular weight is 367 g/mol. The number of carbonyl (C=O) groups is 1. The van der Waals surface area contributed by atoms with Gasteiger partial charge in [0.25, 0.3) is 5.91 Å².